The zero-order valence-corrected chi connectivity index (χ0v) is 20.4. The minimum absolute atomic E-state index is 0.0433. The van der Waals surface area contributed by atoms with E-state index in [4.69, 9.17) is 0 Å². The lowest BCUT2D eigenvalue weighted by Gasteiger charge is -2.19. The van der Waals surface area contributed by atoms with E-state index in [0.29, 0.717) is 29.8 Å². The van der Waals surface area contributed by atoms with Crippen molar-refractivity contribution in [3.8, 4) is 0 Å². The van der Waals surface area contributed by atoms with Gasteiger partial charge in [0.2, 0.25) is 11.9 Å². The van der Waals surface area contributed by atoms with Crippen molar-refractivity contribution in [1.29, 1.82) is 0 Å². The Balaban J connectivity index is 1.65. The quantitative estimate of drug-likeness (QED) is 0.492. The molecule has 1 aromatic carbocycles. The van der Waals surface area contributed by atoms with Crippen LogP contribution in [0.2, 0.25) is 0 Å². The van der Waals surface area contributed by atoms with Gasteiger partial charge in [-0.05, 0) is 50.7 Å². The molecule has 34 heavy (non-hydrogen) atoms. The smallest absolute Gasteiger partial charge is 0.270 e. The number of rotatable bonds is 10. The largest absolute Gasteiger partial charge is 0.356 e. The first kappa shape index (κ1) is 25.4. The fourth-order valence-electron chi connectivity index (χ4n) is 3.68. The maximum atomic E-state index is 14.0. The number of carbonyl (C=O) groups is 2. The Kier molecular flexibility index (Phi) is 8.79. The second kappa shape index (κ2) is 11.8. The van der Waals surface area contributed by atoms with Crippen molar-refractivity contribution in [3.63, 3.8) is 0 Å². The zero-order valence-electron chi connectivity index (χ0n) is 20.4. The maximum Gasteiger partial charge on any atom is 0.270 e. The molecule has 0 aliphatic carbocycles. The highest BCUT2D eigenvalue weighted by atomic mass is 19.1. The third-order valence-corrected chi connectivity index (χ3v) is 5.78. The van der Waals surface area contributed by atoms with Gasteiger partial charge in [0.05, 0.1) is 0 Å². The van der Waals surface area contributed by atoms with Crippen LogP contribution >= 0.6 is 0 Å². The molecule has 3 N–H and O–H groups in total. The number of halogens is 1. The Morgan fingerprint density at radius 2 is 1.85 bits per heavy atom. The van der Waals surface area contributed by atoms with Crippen LogP contribution in [0.5, 0.6) is 0 Å². The first-order valence-corrected chi connectivity index (χ1v) is 11.9. The van der Waals surface area contributed by atoms with Gasteiger partial charge >= 0.3 is 0 Å². The number of benzene rings is 1. The number of anilines is 2. The molecule has 0 radical (unpaired) electrons. The van der Waals surface area contributed by atoms with Gasteiger partial charge in [-0.25, -0.2) is 9.37 Å². The van der Waals surface area contributed by atoms with Gasteiger partial charge < -0.3 is 20.9 Å². The van der Waals surface area contributed by atoms with Crippen LogP contribution in [0.25, 0.3) is 0 Å². The summed E-state index contributed by atoms with van der Waals surface area (Å²) in [5.74, 6) is 0.407. The fourth-order valence-corrected chi connectivity index (χ4v) is 3.68. The summed E-state index contributed by atoms with van der Waals surface area (Å²) in [5.41, 5.74) is 1.40. The van der Waals surface area contributed by atoms with Gasteiger partial charge in [0.1, 0.15) is 23.4 Å². The zero-order chi connectivity index (χ0) is 24.7. The lowest BCUT2D eigenvalue weighted by atomic mass is 10.1. The van der Waals surface area contributed by atoms with E-state index in [2.05, 4.69) is 44.7 Å². The molecule has 1 aliphatic heterocycles. The molecule has 0 unspecified atom stereocenters. The Morgan fingerprint density at radius 3 is 2.53 bits per heavy atom. The minimum atomic E-state index is -0.816. The van der Waals surface area contributed by atoms with Crippen LogP contribution in [-0.2, 0) is 11.3 Å². The van der Waals surface area contributed by atoms with Gasteiger partial charge in [0, 0.05) is 37.8 Å². The standard InChI is InChI=1S/C25H35FN6O2/c1-16(2)9-10-27-25-30-21(14-22(31-25)32-11-5-6-12-32)24(34)29-18(4)23(33)28-15-19-8-7-17(3)13-20(19)26/h7-8,13-14,16,18H,5-6,9-12,15H2,1-4H3,(H,28,33)(H,29,34)(H,27,30,31)/t18-/m0/s1. The molecular formula is C25H35FN6O2. The van der Waals surface area contributed by atoms with Gasteiger partial charge in [0.25, 0.3) is 5.91 Å². The monoisotopic (exact) mass is 470 g/mol. The number of amides is 2. The Hall–Kier alpha value is -3.23. The molecule has 0 spiro atoms. The molecule has 1 fully saturated rings. The summed E-state index contributed by atoms with van der Waals surface area (Å²) in [6, 6.07) is 5.70. The normalized spacial score (nSPS) is 14.2. The number of carbonyl (C=O) groups excluding carboxylic acids is 2. The summed E-state index contributed by atoms with van der Waals surface area (Å²) < 4.78 is 14.0. The molecule has 8 nitrogen and oxygen atoms in total. The summed E-state index contributed by atoms with van der Waals surface area (Å²) in [6.07, 6.45) is 3.12. The number of aromatic nitrogens is 2. The summed E-state index contributed by atoms with van der Waals surface area (Å²) in [5, 5.41) is 8.58. The van der Waals surface area contributed by atoms with Crippen molar-refractivity contribution in [2.75, 3.05) is 29.9 Å². The molecule has 2 heterocycles. The van der Waals surface area contributed by atoms with Crippen molar-refractivity contribution >= 4 is 23.6 Å². The van der Waals surface area contributed by atoms with Crippen molar-refractivity contribution in [2.24, 2.45) is 5.92 Å². The van der Waals surface area contributed by atoms with Crippen LogP contribution in [0.1, 0.15) is 61.6 Å². The second-order valence-corrected chi connectivity index (χ2v) is 9.25. The van der Waals surface area contributed by atoms with Crippen LogP contribution in [0, 0.1) is 18.7 Å². The van der Waals surface area contributed by atoms with E-state index in [1.807, 2.05) is 0 Å². The molecule has 3 rings (SSSR count). The number of nitrogens with zero attached hydrogens (tertiary/aromatic N) is 3. The predicted molar refractivity (Wildman–Crippen MR) is 131 cm³/mol. The highest BCUT2D eigenvalue weighted by molar-refractivity contribution is 5.96. The molecule has 2 aromatic rings. The topological polar surface area (TPSA) is 99.3 Å². The summed E-state index contributed by atoms with van der Waals surface area (Å²) in [6.45, 7) is 10.2. The second-order valence-electron chi connectivity index (χ2n) is 9.25. The van der Waals surface area contributed by atoms with E-state index in [1.165, 1.54) is 6.07 Å². The maximum absolute atomic E-state index is 14.0. The molecule has 2 amide bonds. The Morgan fingerprint density at radius 1 is 1.12 bits per heavy atom. The molecule has 184 valence electrons. The van der Waals surface area contributed by atoms with E-state index >= 15 is 0 Å². The fraction of sp³-hybridized carbons (Fsp3) is 0.520. The van der Waals surface area contributed by atoms with E-state index in [9.17, 15) is 14.0 Å². The van der Waals surface area contributed by atoms with Crippen molar-refractivity contribution in [3.05, 3.63) is 46.9 Å². The summed E-state index contributed by atoms with van der Waals surface area (Å²) in [7, 11) is 0. The Labute approximate surface area is 200 Å². The Bertz CT molecular complexity index is 1010. The first-order valence-electron chi connectivity index (χ1n) is 11.9. The van der Waals surface area contributed by atoms with Gasteiger partial charge in [-0.1, -0.05) is 26.0 Å². The molecule has 1 aliphatic rings. The van der Waals surface area contributed by atoms with Crippen molar-refractivity contribution in [2.45, 2.75) is 59.5 Å². The molecular weight excluding hydrogens is 435 g/mol. The van der Waals surface area contributed by atoms with E-state index < -0.39 is 17.9 Å². The van der Waals surface area contributed by atoms with Gasteiger partial charge in [-0.2, -0.15) is 4.98 Å². The highest BCUT2D eigenvalue weighted by Crippen LogP contribution is 2.20. The molecule has 1 atom stereocenters. The third kappa shape index (κ3) is 7.13. The third-order valence-electron chi connectivity index (χ3n) is 5.78. The van der Waals surface area contributed by atoms with Gasteiger partial charge in [0.15, 0.2) is 0 Å². The minimum Gasteiger partial charge on any atom is -0.356 e. The number of aryl methyl sites for hydroxylation is 1. The van der Waals surface area contributed by atoms with Crippen LogP contribution in [0.15, 0.2) is 24.3 Å². The van der Waals surface area contributed by atoms with Crippen molar-refractivity contribution in [1.82, 2.24) is 20.6 Å². The summed E-state index contributed by atoms with van der Waals surface area (Å²) >= 11 is 0. The number of nitrogens with one attached hydrogen (secondary N) is 3. The van der Waals surface area contributed by atoms with Gasteiger partial charge in [-0.15, -0.1) is 0 Å². The first-order chi connectivity index (χ1) is 16.2. The predicted octanol–water partition coefficient (Wildman–Crippen LogP) is 3.42. The van der Waals surface area contributed by atoms with Gasteiger partial charge in [-0.3, -0.25) is 9.59 Å². The lowest BCUT2D eigenvalue weighted by Crippen LogP contribution is -2.45. The molecule has 0 bridgehead atoms. The number of hydrogen-bond acceptors (Lipinski definition) is 6. The van der Waals surface area contributed by atoms with E-state index in [0.717, 1.165) is 37.9 Å². The molecule has 1 saturated heterocycles. The van der Waals surface area contributed by atoms with Crippen LogP contribution in [0.4, 0.5) is 16.2 Å². The van der Waals surface area contributed by atoms with E-state index in [1.54, 1.807) is 32.0 Å². The van der Waals surface area contributed by atoms with Crippen LogP contribution in [0.3, 0.4) is 0 Å². The molecule has 9 heteroatoms. The SMILES string of the molecule is Cc1ccc(CNC(=O)[C@H](C)NC(=O)c2cc(N3CCCC3)nc(NCCC(C)C)n2)c(F)c1. The van der Waals surface area contributed by atoms with Crippen LogP contribution < -0.4 is 20.9 Å². The molecule has 0 saturated carbocycles. The summed E-state index contributed by atoms with van der Waals surface area (Å²) in [4.78, 5) is 36.6. The highest BCUT2D eigenvalue weighted by Gasteiger charge is 2.21. The van der Waals surface area contributed by atoms with Crippen molar-refractivity contribution < 1.29 is 14.0 Å². The molecule has 1 aromatic heterocycles. The van der Waals surface area contributed by atoms with Crippen LogP contribution in [-0.4, -0.2) is 47.5 Å². The lowest BCUT2D eigenvalue weighted by molar-refractivity contribution is -0.122. The van der Waals surface area contributed by atoms with E-state index in [-0.39, 0.29) is 18.1 Å². The average Bonchev–Trinajstić information content (AvgIpc) is 3.33. The number of hydrogen-bond donors (Lipinski definition) is 3. The average molecular weight is 471 g/mol.